The molecule has 3 N–H and O–H groups in total. The van der Waals surface area contributed by atoms with E-state index in [2.05, 4.69) is 13.8 Å². The Morgan fingerprint density at radius 2 is 0.596 bits per heavy atom. The number of carboxylic acids is 2. The number of carboxylic acid groups (broad SMARTS) is 2. The molecule has 0 aromatic heterocycles. The van der Waals surface area contributed by atoms with E-state index in [1.807, 2.05) is 0 Å². The van der Waals surface area contributed by atoms with Crippen LogP contribution in [-0.2, 0) is 19.7 Å². The Balaban J connectivity index is 4.28. The van der Waals surface area contributed by atoms with Gasteiger partial charge in [-0.3, -0.25) is 14.1 Å². The zero-order valence-electron chi connectivity index (χ0n) is 34.3. The van der Waals surface area contributed by atoms with Crippen molar-refractivity contribution >= 4 is 22.1 Å². The van der Waals surface area contributed by atoms with Crippen LogP contribution in [0.1, 0.15) is 258 Å². The van der Waals surface area contributed by atoms with E-state index in [0.717, 1.165) is 51.4 Å². The highest BCUT2D eigenvalue weighted by Crippen LogP contribution is 2.39. The van der Waals surface area contributed by atoms with Gasteiger partial charge in [-0.1, -0.05) is 245 Å². The minimum absolute atomic E-state index is 0.0587. The third kappa shape index (κ3) is 28.3. The first-order valence-electron chi connectivity index (χ1n) is 22.6. The van der Waals surface area contributed by atoms with Gasteiger partial charge in [0.1, 0.15) is 0 Å². The van der Waals surface area contributed by atoms with Gasteiger partial charge in [0, 0.05) is 0 Å². The van der Waals surface area contributed by atoms with Gasteiger partial charge in [0.15, 0.2) is 5.25 Å². The fraction of sp³-hybridized carbons (Fsp3) is 0.955. The monoisotopic (exact) mass is 759 g/mol. The smallest absolute Gasteiger partial charge is 0.325 e. The van der Waals surface area contributed by atoms with E-state index in [4.69, 9.17) is 0 Å². The van der Waals surface area contributed by atoms with Crippen LogP contribution in [0.2, 0.25) is 0 Å². The maximum atomic E-state index is 12.6. The van der Waals surface area contributed by atoms with Crippen molar-refractivity contribution in [1.82, 2.24) is 0 Å². The maximum Gasteiger partial charge on any atom is 0.325 e. The molecule has 310 valence electrons. The van der Waals surface area contributed by atoms with Gasteiger partial charge in [-0.2, -0.15) is 8.42 Å². The van der Waals surface area contributed by atoms with Gasteiger partial charge in [0.25, 0.3) is 10.1 Å². The summed E-state index contributed by atoms with van der Waals surface area (Å²) in [5.74, 6) is -3.22. The second kappa shape index (κ2) is 35.5. The summed E-state index contributed by atoms with van der Waals surface area (Å²) >= 11 is 0. The lowest BCUT2D eigenvalue weighted by Gasteiger charge is -2.33. The quantitative estimate of drug-likeness (QED) is 0.0417. The van der Waals surface area contributed by atoms with Crippen molar-refractivity contribution in [2.45, 2.75) is 263 Å². The molecule has 0 radical (unpaired) electrons. The number of aliphatic carboxylic acids is 2. The van der Waals surface area contributed by atoms with E-state index < -0.39 is 32.7 Å². The molecule has 0 spiro atoms. The topological polar surface area (TPSA) is 129 Å². The summed E-state index contributed by atoms with van der Waals surface area (Å²) < 4.78 is 34.3. The Morgan fingerprint density at radius 3 is 0.750 bits per heavy atom. The van der Waals surface area contributed by atoms with Crippen molar-refractivity contribution in [2.24, 2.45) is 5.41 Å². The molecule has 0 saturated carbocycles. The van der Waals surface area contributed by atoms with E-state index in [-0.39, 0.29) is 12.8 Å². The van der Waals surface area contributed by atoms with Gasteiger partial charge in [-0.25, -0.2) is 0 Å². The average molecular weight is 759 g/mol. The highest BCUT2D eigenvalue weighted by Gasteiger charge is 2.55. The molecule has 0 amide bonds. The average Bonchev–Trinajstić information content (AvgIpc) is 3.09. The highest BCUT2D eigenvalue weighted by molar-refractivity contribution is 7.87. The van der Waals surface area contributed by atoms with Crippen molar-refractivity contribution in [2.75, 3.05) is 0 Å². The molecule has 52 heavy (non-hydrogen) atoms. The Bertz CT molecular complexity index is 880. The minimum Gasteiger partial charge on any atom is -0.481 e. The van der Waals surface area contributed by atoms with Crippen molar-refractivity contribution in [3.8, 4) is 0 Å². The maximum absolute atomic E-state index is 12.6. The van der Waals surface area contributed by atoms with Gasteiger partial charge >= 0.3 is 11.9 Å². The van der Waals surface area contributed by atoms with Crippen LogP contribution in [-0.4, -0.2) is 40.4 Å². The molecule has 8 heteroatoms. The molecular formula is C44H86O7S. The van der Waals surface area contributed by atoms with E-state index in [9.17, 15) is 32.8 Å². The van der Waals surface area contributed by atoms with Crippen molar-refractivity contribution in [1.29, 1.82) is 0 Å². The lowest BCUT2D eigenvalue weighted by molar-refractivity contribution is -0.156. The van der Waals surface area contributed by atoms with Gasteiger partial charge in [0.2, 0.25) is 0 Å². The number of carbonyl (C=O) groups is 2. The van der Waals surface area contributed by atoms with Crippen molar-refractivity contribution in [3.63, 3.8) is 0 Å². The van der Waals surface area contributed by atoms with Crippen molar-refractivity contribution in [3.05, 3.63) is 0 Å². The Kier molecular flexibility index (Phi) is 34.8. The summed E-state index contributed by atoms with van der Waals surface area (Å²) in [4.78, 5) is 24.7. The minimum atomic E-state index is -5.10. The van der Waals surface area contributed by atoms with Crippen LogP contribution >= 0.6 is 0 Å². The van der Waals surface area contributed by atoms with Crippen LogP contribution in [0.3, 0.4) is 0 Å². The van der Waals surface area contributed by atoms with Crippen LogP contribution in [0.4, 0.5) is 0 Å². The molecule has 0 saturated heterocycles. The van der Waals surface area contributed by atoms with E-state index >= 15 is 0 Å². The fourth-order valence-electron chi connectivity index (χ4n) is 8.05. The normalized spacial score (nSPS) is 12.8. The zero-order valence-corrected chi connectivity index (χ0v) is 35.1. The zero-order chi connectivity index (χ0) is 38.6. The molecule has 0 rings (SSSR count). The number of unbranched alkanes of at least 4 members (excludes halogenated alkanes) is 34. The van der Waals surface area contributed by atoms with E-state index in [1.165, 1.54) is 167 Å². The third-order valence-corrected chi connectivity index (χ3v) is 12.7. The number of hydrogen-bond donors (Lipinski definition) is 3. The number of rotatable bonds is 42. The van der Waals surface area contributed by atoms with Gasteiger partial charge in [0.05, 0.1) is 5.41 Å². The highest BCUT2D eigenvalue weighted by atomic mass is 32.2. The van der Waals surface area contributed by atoms with E-state index in [1.54, 1.807) is 0 Å². The Labute approximate surface area is 322 Å². The first-order chi connectivity index (χ1) is 25.1. The molecule has 0 aliphatic carbocycles. The summed E-state index contributed by atoms with van der Waals surface area (Å²) in [7, 11) is -5.10. The standard InChI is InChI=1S/C44H86O7S/c1-3-5-7-9-11-13-15-17-19-21-23-25-27-29-31-33-35-37-39-44(43(47)48,41(42(45)46)52(49,50)51)40-38-36-34-32-30-28-26-24-22-20-18-16-14-12-10-8-6-4-2/h41H,3-40H2,1-2H3,(H,45,46)(H,47,48)(H,49,50,51). The molecule has 0 fully saturated rings. The summed E-state index contributed by atoms with van der Waals surface area (Å²) in [6.07, 6.45) is 43.0. The molecule has 0 bridgehead atoms. The number of hydrogen-bond acceptors (Lipinski definition) is 4. The molecule has 7 nitrogen and oxygen atoms in total. The predicted molar refractivity (Wildman–Crippen MR) is 220 cm³/mol. The fourth-order valence-corrected chi connectivity index (χ4v) is 9.21. The molecule has 0 aliphatic rings. The van der Waals surface area contributed by atoms with Crippen molar-refractivity contribution < 1.29 is 32.8 Å². The van der Waals surface area contributed by atoms with Gasteiger partial charge < -0.3 is 10.2 Å². The van der Waals surface area contributed by atoms with Crippen LogP contribution in [0, 0.1) is 5.41 Å². The first kappa shape index (κ1) is 50.9. The lowest BCUT2D eigenvalue weighted by Crippen LogP contribution is -2.51. The Morgan fingerprint density at radius 1 is 0.404 bits per heavy atom. The van der Waals surface area contributed by atoms with Crippen LogP contribution in [0.5, 0.6) is 0 Å². The third-order valence-electron chi connectivity index (χ3n) is 11.4. The van der Waals surface area contributed by atoms with Crippen LogP contribution < -0.4 is 0 Å². The molecule has 0 aromatic rings. The van der Waals surface area contributed by atoms with Crippen LogP contribution in [0.15, 0.2) is 0 Å². The summed E-state index contributed by atoms with van der Waals surface area (Å²) in [5.41, 5.74) is -2.02. The predicted octanol–water partition coefficient (Wildman–Crippen LogP) is 14.3. The molecule has 0 heterocycles. The molecule has 0 aromatic carbocycles. The van der Waals surface area contributed by atoms with Gasteiger partial charge in [-0.05, 0) is 12.8 Å². The molecule has 1 unspecified atom stereocenters. The van der Waals surface area contributed by atoms with Crippen LogP contribution in [0.25, 0.3) is 0 Å². The molecule has 0 aliphatic heterocycles. The molecular weight excluding hydrogens is 673 g/mol. The largest absolute Gasteiger partial charge is 0.481 e. The molecule has 1 atom stereocenters. The van der Waals surface area contributed by atoms with E-state index in [0.29, 0.717) is 12.8 Å². The van der Waals surface area contributed by atoms with Gasteiger partial charge in [-0.15, -0.1) is 0 Å². The summed E-state index contributed by atoms with van der Waals surface area (Å²) in [6.45, 7) is 4.52. The lowest BCUT2D eigenvalue weighted by atomic mass is 9.74. The summed E-state index contributed by atoms with van der Waals surface area (Å²) in [6, 6.07) is 0. The second-order valence-electron chi connectivity index (χ2n) is 16.2. The second-order valence-corrected chi connectivity index (χ2v) is 17.7. The Hall–Kier alpha value is -1.15. The SMILES string of the molecule is CCCCCCCCCCCCCCCCCCCCC(CCCCCCCCCCCCCCCCCCCC)(C(=O)O)C(C(=O)O)S(=O)(=O)O. The first-order valence-corrected chi connectivity index (χ1v) is 24.1. The summed E-state index contributed by atoms with van der Waals surface area (Å²) in [5, 5.41) is 17.7.